The van der Waals surface area contributed by atoms with E-state index in [4.69, 9.17) is 10.5 Å². The van der Waals surface area contributed by atoms with Gasteiger partial charge in [-0.15, -0.1) is 0 Å². The van der Waals surface area contributed by atoms with Gasteiger partial charge in [0.25, 0.3) is 0 Å². The summed E-state index contributed by atoms with van der Waals surface area (Å²) < 4.78 is 5.41. The van der Waals surface area contributed by atoms with Gasteiger partial charge < -0.3 is 20.4 Å². The van der Waals surface area contributed by atoms with E-state index in [1.54, 1.807) is 0 Å². The van der Waals surface area contributed by atoms with Crippen molar-refractivity contribution >= 4 is 28.1 Å². The van der Waals surface area contributed by atoms with E-state index in [2.05, 4.69) is 47.7 Å². The monoisotopic (exact) mass is 458 g/mol. The highest BCUT2D eigenvalue weighted by molar-refractivity contribution is 6.20. The van der Waals surface area contributed by atoms with Gasteiger partial charge in [-0.2, -0.15) is 0 Å². The number of carbonyl (C=O) groups excluding carboxylic acids is 1. The molecular formula is C28H34N4O2. The lowest BCUT2D eigenvalue weighted by Crippen LogP contribution is -2.56. The van der Waals surface area contributed by atoms with E-state index < -0.39 is 0 Å². The standard InChI is InChI=1S/C28H34N4O2/c1-4-5-17-12-21-22(14-24(17)32-10-8-31(9-11-32)19-15-34-16-19)28(2,3)27-25(26(21)33)20-7-6-18(29)13-23(20)30-27/h6-7,12-14,19,30H,4-5,8-11,15-16,29H2,1-3H3. The molecule has 0 amide bonds. The maximum Gasteiger partial charge on any atom is 0.195 e. The highest BCUT2D eigenvalue weighted by atomic mass is 16.5. The number of nitrogen functional groups attached to an aromatic ring is 1. The first kappa shape index (κ1) is 21.7. The van der Waals surface area contributed by atoms with Gasteiger partial charge in [0, 0.05) is 65.1 Å². The van der Waals surface area contributed by atoms with Crippen molar-refractivity contribution < 1.29 is 9.53 Å². The number of benzene rings is 2. The largest absolute Gasteiger partial charge is 0.399 e. The number of rotatable bonds is 4. The number of nitrogens with two attached hydrogens (primary N) is 1. The minimum absolute atomic E-state index is 0.124. The summed E-state index contributed by atoms with van der Waals surface area (Å²) in [4.78, 5) is 22.5. The van der Waals surface area contributed by atoms with Crippen LogP contribution in [0.3, 0.4) is 0 Å². The molecule has 34 heavy (non-hydrogen) atoms. The SMILES string of the molecule is CCCc1cc2c(cc1N1CCN(C3COC3)CC1)C(C)(C)c1[nH]c3cc(N)ccc3c1C2=O. The molecule has 1 aromatic heterocycles. The number of hydrogen-bond acceptors (Lipinski definition) is 5. The van der Waals surface area contributed by atoms with E-state index >= 15 is 0 Å². The number of ether oxygens (including phenoxy) is 1. The Kier molecular flexibility index (Phi) is 5.01. The van der Waals surface area contributed by atoms with Crippen LogP contribution in [0.5, 0.6) is 0 Å². The molecule has 3 aromatic rings. The molecule has 0 saturated carbocycles. The number of aromatic nitrogens is 1. The summed E-state index contributed by atoms with van der Waals surface area (Å²) in [5.74, 6) is 0.124. The van der Waals surface area contributed by atoms with Crippen molar-refractivity contribution in [2.75, 3.05) is 50.0 Å². The van der Waals surface area contributed by atoms with Gasteiger partial charge in [0.1, 0.15) is 0 Å². The normalized spacial score (nSPS) is 20.3. The Morgan fingerprint density at radius 1 is 1.12 bits per heavy atom. The van der Waals surface area contributed by atoms with E-state index in [1.165, 1.54) is 11.3 Å². The zero-order valence-corrected chi connectivity index (χ0v) is 20.4. The summed E-state index contributed by atoms with van der Waals surface area (Å²) in [6.07, 6.45) is 2.03. The smallest absolute Gasteiger partial charge is 0.195 e. The second kappa shape index (κ2) is 7.85. The maximum absolute atomic E-state index is 13.9. The van der Waals surface area contributed by atoms with Crippen LogP contribution in [0.4, 0.5) is 11.4 Å². The van der Waals surface area contributed by atoms with Crippen LogP contribution in [0, 0.1) is 0 Å². The van der Waals surface area contributed by atoms with Crippen LogP contribution in [0.15, 0.2) is 30.3 Å². The van der Waals surface area contributed by atoms with Crippen LogP contribution in [0.25, 0.3) is 10.9 Å². The molecule has 0 spiro atoms. The fraction of sp³-hybridized carbons (Fsp3) is 0.464. The molecule has 3 aliphatic rings. The highest BCUT2D eigenvalue weighted by Gasteiger charge is 2.41. The molecule has 0 unspecified atom stereocenters. The van der Waals surface area contributed by atoms with Crippen molar-refractivity contribution in [3.63, 3.8) is 0 Å². The summed E-state index contributed by atoms with van der Waals surface area (Å²) in [7, 11) is 0. The van der Waals surface area contributed by atoms with E-state index in [0.717, 1.165) is 85.5 Å². The third-order valence-corrected chi connectivity index (χ3v) is 8.12. The summed E-state index contributed by atoms with van der Waals surface area (Å²) in [5.41, 5.74) is 13.7. The molecule has 178 valence electrons. The number of piperazine rings is 1. The second-order valence-electron chi connectivity index (χ2n) is 10.6. The van der Waals surface area contributed by atoms with Gasteiger partial charge in [-0.05, 0) is 41.8 Å². The van der Waals surface area contributed by atoms with Gasteiger partial charge >= 0.3 is 0 Å². The van der Waals surface area contributed by atoms with Gasteiger partial charge in [-0.1, -0.05) is 33.3 Å². The van der Waals surface area contributed by atoms with Crippen LogP contribution in [-0.2, 0) is 16.6 Å². The summed E-state index contributed by atoms with van der Waals surface area (Å²) in [6.45, 7) is 12.6. The Balaban J connectivity index is 1.43. The Morgan fingerprint density at radius 3 is 2.56 bits per heavy atom. The Hall–Kier alpha value is -2.83. The van der Waals surface area contributed by atoms with Crippen LogP contribution < -0.4 is 10.6 Å². The van der Waals surface area contributed by atoms with Crippen molar-refractivity contribution in [3.8, 4) is 0 Å². The fourth-order valence-corrected chi connectivity index (χ4v) is 6.05. The molecule has 1 aliphatic carbocycles. The first-order chi connectivity index (χ1) is 16.4. The molecule has 2 saturated heterocycles. The highest BCUT2D eigenvalue weighted by Crippen LogP contribution is 2.46. The van der Waals surface area contributed by atoms with Crippen molar-refractivity contribution in [2.24, 2.45) is 0 Å². The average molecular weight is 459 g/mol. The number of nitrogens with zero attached hydrogens (tertiary/aromatic N) is 2. The quantitative estimate of drug-likeness (QED) is 0.576. The lowest BCUT2D eigenvalue weighted by Gasteiger charge is -2.44. The summed E-state index contributed by atoms with van der Waals surface area (Å²) in [5, 5.41) is 0.963. The third kappa shape index (κ3) is 3.19. The first-order valence-corrected chi connectivity index (χ1v) is 12.6. The van der Waals surface area contributed by atoms with Gasteiger partial charge in [0.15, 0.2) is 5.78 Å². The molecule has 6 heteroatoms. The predicted octanol–water partition coefficient (Wildman–Crippen LogP) is 4.09. The van der Waals surface area contributed by atoms with Crippen LogP contribution in [0.2, 0.25) is 0 Å². The lowest BCUT2D eigenvalue weighted by atomic mass is 9.70. The number of ketones is 1. The molecule has 3 N–H and O–H groups in total. The van der Waals surface area contributed by atoms with Crippen molar-refractivity contribution in [3.05, 3.63) is 58.3 Å². The summed E-state index contributed by atoms with van der Waals surface area (Å²) in [6, 6.07) is 10.9. The predicted molar refractivity (Wildman–Crippen MR) is 137 cm³/mol. The number of aromatic amines is 1. The minimum Gasteiger partial charge on any atom is -0.399 e. The third-order valence-electron chi connectivity index (χ3n) is 8.12. The van der Waals surface area contributed by atoms with Crippen LogP contribution >= 0.6 is 0 Å². The number of fused-ring (bicyclic) bond motifs is 4. The Bertz CT molecular complexity index is 1280. The van der Waals surface area contributed by atoms with E-state index in [0.29, 0.717) is 11.7 Å². The van der Waals surface area contributed by atoms with Crippen LogP contribution in [-0.4, -0.2) is 61.1 Å². The van der Waals surface area contributed by atoms with Gasteiger partial charge in [0.05, 0.1) is 24.8 Å². The minimum atomic E-state index is -0.309. The lowest BCUT2D eigenvalue weighted by molar-refractivity contribution is -0.0660. The topological polar surface area (TPSA) is 74.6 Å². The molecule has 6 rings (SSSR count). The van der Waals surface area contributed by atoms with E-state index in [9.17, 15) is 4.79 Å². The Labute approximate surface area is 201 Å². The molecule has 2 aromatic carbocycles. The first-order valence-electron chi connectivity index (χ1n) is 12.6. The number of carbonyl (C=O) groups is 1. The zero-order chi connectivity index (χ0) is 23.6. The van der Waals surface area contributed by atoms with E-state index in [1.807, 2.05) is 18.2 Å². The van der Waals surface area contributed by atoms with Gasteiger partial charge in [-0.3, -0.25) is 9.69 Å². The number of nitrogens with one attached hydrogen (secondary N) is 1. The van der Waals surface area contributed by atoms with Crippen molar-refractivity contribution in [1.29, 1.82) is 0 Å². The van der Waals surface area contributed by atoms with Crippen LogP contribution in [0.1, 0.15) is 59.9 Å². The average Bonchev–Trinajstić information content (AvgIpc) is 3.17. The molecule has 6 nitrogen and oxygen atoms in total. The van der Waals surface area contributed by atoms with Crippen molar-refractivity contribution in [2.45, 2.75) is 45.1 Å². The molecule has 0 radical (unpaired) electrons. The molecule has 0 atom stereocenters. The fourth-order valence-electron chi connectivity index (χ4n) is 6.05. The molecule has 3 heterocycles. The molecule has 2 fully saturated rings. The van der Waals surface area contributed by atoms with Crippen molar-refractivity contribution in [1.82, 2.24) is 9.88 Å². The van der Waals surface area contributed by atoms with E-state index in [-0.39, 0.29) is 11.2 Å². The number of hydrogen-bond donors (Lipinski definition) is 2. The van der Waals surface area contributed by atoms with Gasteiger partial charge in [-0.25, -0.2) is 0 Å². The number of anilines is 2. The molecule has 0 bridgehead atoms. The molecular weight excluding hydrogens is 424 g/mol. The Morgan fingerprint density at radius 2 is 1.88 bits per heavy atom. The molecule has 2 aliphatic heterocycles. The van der Waals surface area contributed by atoms with Gasteiger partial charge in [0.2, 0.25) is 0 Å². The zero-order valence-electron chi connectivity index (χ0n) is 20.4. The number of aryl methyl sites for hydroxylation is 1. The maximum atomic E-state index is 13.9. The summed E-state index contributed by atoms with van der Waals surface area (Å²) >= 11 is 0. The second-order valence-corrected chi connectivity index (χ2v) is 10.6. The number of H-pyrrole nitrogens is 1.